The number of phenols is 1. The molecule has 0 saturated heterocycles. The van der Waals surface area contributed by atoms with Crippen molar-refractivity contribution in [1.82, 2.24) is 0 Å². The van der Waals surface area contributed by atoms with Gasteiger partial charge >= 0.3 is 0 Å². The van der Waals surface area contributed by atoms with Crippen molar-refractivity contribution in [3.8, 4) is 5.75 Å². The maximum Gasteiger partial charge on any atom is 0.150 e. The Bertz CT molecular complexity index is 286. The minimum Gasteiger partial charge on any atom is -0.508 e. The zero-order chi connectivity index (χ0) is 8.97. The van der Waals surface area contributed by atoms with Crippen LogP contribution < -0.4 is 5.90 Å². The summed E-state index contributed by atoms with van der Waals surface area (Å²) in [5.41, 5.74) is 1.05. The highest BCUT2D eigenvalue weighted by Crippen LogP contribution is 2.15. The maximum absolute atomic E-state index is 10.4. The summed E-state index contributed by atoms with van der Waals surface area (Å²) in [6.07, 6.45) is 0.647. The molecule has 0 fully saturated rings. The SMILES string of the molecule is NOCc1ccc(O)cc1C=O. The molecule has 1 rings (SSSR count). The number of aromatic hydroxyl groups is 1. The molecule has 0 aliphatic heterocycles. The summed E-state index contributed by atoms with van der Waals surface area (Å²) in [7, 11) is 0. The monoisotopic (exact) mass is 167 g/mol. The van der Waals surface area contributed by atoms with Crippen molar-refractivity contribution in [3.63, 3.8) is 0 Å². The fourth-order valence-electron chi connectivity index (χ4n) is 0.913. The normalized spacial score (nSPS) is 9.75. The predicted octanol–water partition coefficient (Wildman–Crippen LogP) is 0.595. The molecular weight excluding hydrogens is 158 g/mol. The van der Waals surface area contributed by atoms with Crippen LogP contribution in [0.1, 0.15) is 15.9 Å². The van der Waals surface area contributed by atoms with Gasteiger partial charge in [-0.15, -0.1) is 0 Å². The van der Waals surface area contributed by atoms with Crippen molar-refractivity contribution in [3.05, 3.63) is 29.3 Å². The van der Waals surface area contributed by atoms with Crippen molar-refractivity contribution < 1.29 is 14.7 Å². The molecule has 0 amide bonds. The molecule has 0 heterocycles. The van der Waals surface area contributed by atoms with Gasteiger partial charge in [0.2, 0.25) is 0 Å². The number of hydrogen-bond donors (Lipinski definition) is 2. The summed E-state index contributed by atoms with van der Waals surface area (Å²) in [5, 5.41) is 9.01. The molecule has 0 aromatic heterocycles. The number of nitrogens with two attached hydrogens (primary N) is 1. The second-order valence-corrected chi connectivity index (χ2v) is 2.31. The number of hydrogen-bond acceptors (Lipinski definition) is 4. The van der Waals surface area contributed by atoms with E-state index in [1.54, 1.807) is 6.07 Å². The molecule has 0 spiro atoms. The Morgan fingerprint density at radius 1 is 1.58 bits per heavy atom. The number of aldehydes is 1. The lowest BCUT2D eigenvalue weighted by molar-refractivity contribution is 0.110. The fourth-order valence-corrected chi connectivity index (χ4v) is 0.913. The molecule has 1 aromatic carbocycles. The minimum absolute atomic E-state index is 0.0536. The van der Waals surface area contributed by atoms with E-state index in [-0.39, 0.29) is 12.4 Å². The Morgan fingerprint density at radius 2 is 2.33 bits per heavy atom. The summed E-state index contributed by atoms with van der Waals surface area (Å²) < 4.78 is 0. The van der Waals surface area contributed by atoms with Crippen LogP contribution in [0.15, 0.2) is 18.2 Å². The second-order valence-electron chi connectivity index (χ2n) is 2.31. The zero-order valence-electron chi connectivity index (χ0n) is 6.36. The van der Waals surface area contributed by atoms with E-state index in [0.717, 1.165) is 0 Å². The maximum atomic E-state index is 10.4. The van der Waals surface area contributed by atoms with Crippen molar-refractivity contribution in [1.29, 1.82) is 0 Å². The first-order valence-corrected chi connectivity index (χ1v) is 3.36. The largest absolute Gasteiger partial charge is 0.508 e. The highest BCUT2D eigenvalue weighted by Gasteiger charge is 2.01. The lowest BCUT2D eigenvalue weighted by Gasteiger charge is -2.02. The van der Waals surface area contributed by atoms with Crippen LogP contribution in [0.4, 0.5) is 0 Å². The van der Waals surface area contributed by atoms with Gasteiger partial charge in [-0.1, -0.05) is 6.07 Å². The molecule has 0 saturated carbocycles. The van der Waals surface area contributed by atoms with Gasteiger partial charge in [-0.3, -0.25) is 9.63 Å². The van der Waals surface area contributed by atoms with Gasteiger partial charge in [0, 0.05) is 5.56 Å². The van der Waals surface area contributed by atoms with Crippen LogP contribution in [0.3, 0.4) is 0 Å². The van der Waals surface area contributed by atoms with Crippen molar-refractivity contribution in [2.24, 2.45) is 5.90 Å². The average Bonchev–Trinajstić information content (AvgIpc) is 2.08. The molecular formula is C8H9NO3. The number of phenolic OH excluding ortho intramolecular Hbond substituents is 1. The van der Waals surface area contributed by atoms with E-state index < -0.39 is 0 Å². The van der Waals surface area contributed by atoms with Gasteiger partial charge in [-0.25, -0.2) is 5.90 Å². The topological polar surface area (TPSA) is 72.6 Å². The third-order valence-electron chi connectivity index (χ3n) is 1.50. The van der Waals surface area contributed by atoms with Crippen molar-refractivity contribution >= 4 is 6.29 Å². The Balaban J connectivity index is 3.02. The minimum atomic E-state index is 0.0536. The molecule has 3 N–H and O–H groups in total. The number of carbonyl (C=O) groups is 1. The van der Waals surface area contributed by atoms with E-state index >= 15 is 0 Å². The number of benzene rings is 1. The molecule has 1 aromatic rings. The van der Waals surface area contributed by atoms with E-state index in [9.17, 15) is 4.79 Å². The van der Waals surface area contributed by atoms with Gasteiger partial charge in [-0.05, 0) is 17.7 Å². The van der Waals surface area contributed by atoms with E-state index in [4.69, 9.17) is 11.0 Å². The fraction of sp³-hybridized carbons (Fsp3) is 0.125. The molecule has 4 nitrogen and oxygen atoms in total. The first-order valence-electron chi connectivity index (χ1n) is 3.36. The van der Waals surface area contributed by atoms with Crippen LogP contribution in [-0.4, -0.2) is 11.4 Å². The van der Waals surface area contributed by atoms with Crippen LogP contribution in [0.25, 0.3) is 0 Å². The van der Waals surface area contributed by atoms with Gasteiger partial charge < -0.3 is 5.11 Å². The Morgan fingerprint density at radius 3 is 2.92 bits per heavy atom. The molecule has 4 heteroatoms. The van der Waals surface area contributed by atoms with Gasteiger partial charge in [-0.2, -0.15) is 0 Å². The first kappa shape index (κ1) is 8.70. The summed E-state index contributed by atoms with van der Waals surface area (Å²) in [6, 6.07) is 4.43. The molecule has 0 bridgehead atoms. The zero-order valence-corrected chi connectivity index (χ0v) is 6.36. The number of rotatable bonds is 3. The molecule has 0 atom stereocenters. The summed E-state index contributed by atoms with van der Waals surface area (Å²) >= 11 is 0. The summed E-state index contributed by atoms with van der Waals surface area (Å²) in [4.78, 5) is 14.8. The van der Waals surface area contributed by atoms with Crippen molar-refractivity contribution in [2.75, 3.05) is 0 Å². The predicted molar refractivity (Wildman–Crippen MR) is 42.5 cm³/mol. The molecule has 0 aliphatic rings. The van der Waals surface area contributed by atoms with Crippen LogP contribution in [0, 0.1) is 0 Å². The van der Waals surface area contributed by atoms with E-state index in [1.807, 2.05) is 0 Å². The quantitative estimate of drug-likeness (QED) is 0.510. The smallest absolute Gasteiger partial charge is 0.150 e. The highest BCUT2D eigenvalue weighted by atomic mass is 16.6. The lowest BCUT2D eigenvalue weighted by atomic mass is 10.1. The Labute approximate surface area is 69.5 Å². The van der Waals surface area contributed by atoms with Crippen LogP contribution in [-0.2, 0) is 11.4 Å². The summed E-state index contributed by atoms with van der Waals surface area (Å²) in [6.45, 7) is 0.161. The van der Waals surface area contributed by atoms with E-state index in [2.05, 4.69) is 4.84 Å². The average molecular weight is 167 g/mol. The Hall–Kier alpha value is -1.39. The van der Waals surface area contributed by atoms with E-state index in [1.165, 1.54) is 12.1 Å². The number of carbonyl (C=O) groups excluding carboxylic acids is 1. The van der Waals surface area contributed by atoms with Gasteiger partial charge in [0.1, 0.15) is 5.75 Å². The second kappa shape index (κ2) is 3.85. The van der Waals surface area contributed by atoms with Crippen LogP contribution in [0.5, 0.6) is 5.75 Å². The third-order valence-corrected chi connectivity index (χ3v) is 1.50. The van der Waals surface area contributed by atoms with Crippen LogP contribution in [0.2, 0.25) is 0 Å². The van der Waals surface area contributed by atoms with Gasteiger partial charge in [0.25, 0.3) is 0 Å². The van der Waals surface area contributed by atoms with Crippen LogP contribution >= 0.6 is 0 Å². The highest BCUT2D eigenvalue weighted by molar-refractivity contribution is 5.77. The lowest BCUT2D eigenvalue weighted by Crippen LogP contribution is -2.01. The molecule has 0 unspecified atom stereocenters. The van der Waals surface area contributed by atoms with E-state index in [0.29, 0.717) is 17.4 Å². The standard InChI is InChI=1S/C8H9NO3/c9-12-5-6-1-2-8(11)3-7(6)4-10/h1-4,11H,5,9H2. The Kier molecular flexibility index (Phi) is 2.79. The first-order chi connectivity index (χ1) is 5.77. The molecule has 12 heavy (non-hydrogen) atoms. The summed E-state index contributed by atoms with van der Waals surface area (Å²) in [5.74, 6) is 4.90. The molecule has 0 radical (unpaired) electrons. The van der Waals surface area contributed by atoms with Gasteiger partial charge in [0.15, 0.2) is 6.29 Å². The van der Waals surface area contributed by atoms with Gasteiger partial charge in [0.05, 0.1) is 6.61 Å². The molecule has 0 aliphatic carbocycles. The molecule has 64 valence electrons. The van der Waals surface area contributed by atoms with Crippen molar-refractivity contribution in [2.45, 2.75) is 6.61 Å². The third kappa shape index (κ3) is 1.81.